The second kappa shape index (κ2) is 6.54. The minimum absolute atomic E-state index is 0.0419. The lowest BCUT2D eigenvalue weighted by Gasteiger charge is -2.37. The number of likely N-dealkylation sites (tertiary alicyclic amines) is 1. The molecule has 1 aromatic heterocycles. The van der Waals surface area contributed by atoms with E-state index in [0.717, 1.165) is 18.7 Å². The second-order valence-corrected chi connectivity index (χ2v) is 7.08. The van der Waals surface area contributed by atoms with Crippen LogP contribution in [-0.2, 0) is 0 Å². The number of hydrogen-bond donors (Lipinski definition) is 0. The number of benzene rings is 2. The lowest BCUT2D eigenvalue weighted by atomic mass is 9.98. The van der Waals surface area contributed by atoms with Gasteiger partial charge in [-0.15, -0.1) is 0 Å². The highest BCUT2D eigenvalue weighted by Gasteiger charge is 2.38. The van der Waals surface area contributed by atoms with Crippen LogP contribution in [0.3, 0.4) is 0 Å². The van der Waals surface area contributed by atoms with E-state index in [0.29, 0.717) is 42.0 Å². The maximum Gasteiger partial charge on any atom is 0.257 e. The summed E-state index contributed by atoms with van der Waals surface area (Å²) in [7, 11) is 0. The van der Waals surface area contributed by atoms with Crippen LogP contribution in [0.25, 0.3) is 0 Å². The largest absolute Gasteiger partial charge is 0.457 e. The lowest BCUT2D eigenvalue weighted by Crippen LogP contribution is -2.48. The molecule has 6 nitrogen and oxygen atoms in total. The minimum atomic E-state index is -0.0419. The number of aromatic nitrogens is 2. The average Bonchev–Trinajstić information content (AvgIpc) is 3.40. The Morgan fingerprint density at radius 1 is 1.00 bits per heavy atom. The molecule has 5 rings (SSSR count). The Bertz CT molecular complexity index is 960. The summed E-state index contributed by atoms with van der Waals surface area (Å²) < 4.78 is 11.3. The van der Waals surface area contributed by atoms with Gasteiger partial charge in [0.25, 0.3) is 5.91 Å². The third kappa shape index (κ3) is 3.18. The van der Waals surface area contributed by atoms with Crippen molar-refractivity contribution in [2.24, 2.45) is 0 Å². The van der Waals surface area contributed by atoms with E-state index in [2.05, 4.69) is 10.1 Å². The van der Waals surface area contributed by atoms with Gasteiger partial charge >= 0.3 is 0 Å². The third-order valence-electron chi connectivity index (χ3n) is 5.01. The van der Waals surface area contributed by atoms with Crippen molar-refractivity contribution in [1.82, 2.24) is 15.0 Å². The second-order valence-electron chi connectivity index (χ2n) is 7.08. The van der Waals surface area contributed by atoms with Gasteiger partial charge in [-0.05, 0) is 37.1 Å². The van der Waals surface area contributed by atoms with E-state index in [1.54, 1.807) is 11.0 Å². The number of ether oxygens (including phenoxy) is 1. The van der Waals surface area contributed by atoms with Gasteiger partial charge in [-0.1, -0.05) is 35.5 Å². The van der Waals surface area contributed by atoms with Gasteiger partial charge in [0.1, 0.15) is 11.5 Å². The molecular formula is C21H19N3O3. The summed E-state index contributed by atoms with van der Waals surface area (Å²) in [5.41, 5.74) is 0.559. The molecule has 1 aliphatic carbocycles. The number of carbonyl (C=O) groups is 1. The van der Waals surface area contributed by atoms with E-state index in [1.165, 1.54) is 0 Å². The molecule has 27 heavy (non-hydrogen) atoms. The first kappa shape index (κ1) is 16.1. The number of carbonyl (C=O) groups excluding carboxylic acids is 1. The summed E-state index contributed by atoms with van der Waals surface area (Å²) in [5.74, 6) is 3.29. The van der Waals surface area contributed by atoms with E-state index < -0.39 is 0 Å². The van der Waals surface area contributed by atoms with Crippen LogP contribution in [0.15, 0.2) is 59.1 Å². The molecule has 6 heteroatoms. The topological polar surface area (TPSA) is 68.5 Å². The summed E-state index contributed by atoms with van der Waals surface area (Å²) in [6.07, 6.45) is 2.29. The van der Waals surface area contributed by atoms with Gasteiger partial charge in [0.05, 0.1) is 11.5 Å². The van der Waals surface area contributed by atoms with Crippen LogP contribution >= 0.6 is 0 Å². The van der Waals surface area contributed by atoms with E-state index in [1.807, 2.05) is 48.5 Å². The summed E-state index contributed by atoms with van der Waals surface area (Å²) in [6.45, 7) is 1.18. The normalized spacial score (nSPS) is 16.8. The fourth-order valence-corrected chi connectivity index (χ4v) is 3.24. The van der Waals surface area contributed by atoms with Gasteiger partial charge in [-0.25, -0.2) is 0 Å². The van der Waals surface area contributed by atoms with Crippen molar-refractivity contribution in [3.63, 3.8) is 0 Å². The molecule has 0 bridgehead atoms. The molecule has 2 aromatic carbocycles. The SMILES string of the molecule is O=C(c1ccccc1Oc1ccccc1)N1CC(c2nc(C3CC3)no2)C1. The Hall–Kier alpha value is -3.15. The van der Waals surface area contributed by atoms with Crippen LogP contribution in [0.2, 0.25) is 0 Å². The van der Waals surface area contributed by atoms with E-state index in [9.17, 15) is 4.79 Å². The summed E-state index contributed by atoms with van der Waals surface area (Å²) in [4.78, 5) is 19.2. The van der Waals surface area contributed by atoms with Gasteiger partial charge < -0.3 is 14.2 Å². The zero-order valence-electron chi connectivity index (χ0n) is 14.7. The van der Waals surface area contributed by atoms with Gasteiger partial charge in [0.2, 0.25) is 5.89 Å². The van der Waals surface area contributed by atoms with Gasteiger partial charge in [0.15, 0.2) is 5.82 Å². The van der Waals surface area contributed by atoms with Crippen LogP contribution in [0.4, 0.5) is 0 Å². The maximum absolute atomic E-state index is 12.9. The molecular weight excluding hydrogens is 342 g/mol. The van der Waals surface area contributed by atoms with E-state index >= 15 is 0 Å². The number of nitrogens with zero attached hydrogens (tertiary/aromatic N) is 3. The van der Waals surface area contributed by atoms with Crippen molar-refractivity contribution in [3.05, 3.63) is 71.9 Å². The maximum atomic E-state index is 12.9. The Morgan fingerprint density at radius 2 is 1.74 bits per heavy atom. The van der Waals surface area contributed by atoms with Gasteiger partial charge in [0, 0.05) is 19.0 Å². The average molecular weight is 361 g/mol. The fourth-order valence-electron chi connectivity index (χ4n) is 3.24. The van der Waals surface area contributed by atoms with Crippen molar-refractivity contribution in [2.45, 2.75) is 24.7 Å². The van der Waals surface area contributed by atoms with Gasteiger partial charge in [-0.3, -0.25) is 4.79 Å². The lowest BCUT2D eigenvalue weighted by molar-refractivity contribution is 0.0566. The first-order valence-electron chi connectivity index (χ1n) is 9.22. The molecule has 2 fully saturated rings. The minimum Gasteiger partial charge on any atom is -0.457 e. The van der Waals surface area contributed by atoms with Crippen LogP contribution in [0, 0.1) is 0 Å². The molecule has 0 radical (unpaired) electrons. The number of para-hydroxylation sites is 2. The molecule has 1 aliphatic heterocycles. The van der Waals surface area contributed by atoms with E-state index in [4.69, 9.17) is 9.26 Å². The molecule has 0 unspecified atom stereocenters. The smallest absolute Gasteiger partial charge is 0.257 e. The first-order valence-corrected chi connectivity index (χ1v) is 9.22. The highest BCUT2D eigenvalue weighted by molar-refractivity contribution is 5.97. The molecule has 1 saturated carbocycles. The van der Waals surface area contributed by atoms with Crippen molar-refractivity contribution in [1.29, 1.82) is 0 Å². The van der Waals surface area contributed by atoms with Crippen molar-refractivity contribution in [3.8, 4) is 11.5 Å². The zero-order valence-corrected chi connectivity index (χ0v) is 14.7. The molecule has 0 spiro atoms. The standard InChI is InChI=1S/C21H19N3O3/c25-21(17-8-4-5-9-18(17)26-16-6-2-1-3-7-16)24-12-15(13-24)20-22-19(23-27-20)14-10-11-14/h1-9,14-15H,10-13H2. The highest BCUT2D eigenvalue weighted by atomic mass is 16.5. The summed E-state index contributed by atoms with van der Waals surface area (Å²) in [6, 6.07) is 16.8. The van der Waals surface area contributed by atoms with Crippen molar-refractivity contribution in [2.75, 3.05) is 13.1 Å². The van der Waals surface area contributed by atoms with Crippen LogP contribution in [-0.4, -0.2) is 34.0 Å². The Labute approximate surface area is 156 Å². The highest BCUT2D eigenvalue weighted by Crippen LogP contribution is 2.39. The van der Waals surface area contributed by atoms with Crippen LogP contribution in [0.5, 0.6) is 11.5 Å². The number of rotatable bonds is 5. The van der Waals surface area contributed by atoms with Crippen molar-refractivity contribution >= 4 is 5.91 Å². The Kier molecular flexibility index (Phi) is 3.89. The molecule has 3 aromatic rings. The first-order chi connectivity index (χ1) is 13.3. The molecule has 0 N–H and O–H groups in total. The third-order valence-corrected chi connectivity index (χ3v) is 5.01. The zero-order chi connectivity index (χ0) is 18.2. The van der Waals surface area contributed by atoms with E-state index in [-0.39, 0.29) is 11.8 Å². The fraction of sp³-hybridized carbons (Fsp3) is 0.286. The Balaban J connectivity index is 1.27. The van der Waals surface area contributed by atoms with Crippen LogP contribution in [0.1, 0.15) is 46.8 Å². The molecule has 1 amide bonds. The molecule has 136 valence electrons. The molecule has 2 aliphatic rings. The quantitative estimate of drug-likeness (QED) is 0.688. The summed E-state index contributed by atoms with van der Waals surface area (Å²) >= 11 is 0. The number of amides is 1. The number of hydrogen-bond acceptors (Lipinski definition) is 5. The Morgan fingerprint density at radius 3 is 2.52 bits per heavy atom. The molecule has 0 atom stereocenters. The van der Waals surface area contributed by atoms with Crippen LogP contribution < -0.4 is 4.74 Å². The predicted molar refractivity (Wildman–Crippen MR) is 97.9 cm³/mol. The van der Waals surface area contributed by atoms with Gasteiger partial charge in [-0.2, -0.15) is 4.98 Å². The molecule has 2 heterocycles. The monoisotopic (exact) mass is 361 g/mol. The van der Waals surface area contributed by atoms with Crippen molar-refractivity contribution < 1.29 is 14.1 Å². The predicted octanol–water partition coefficient (Wildman–Crippen LogP) is 3.98. The molecule has 1 saturated heterocycles. The summed E-state index contributed by atoms with van der Waals surface area (Å²) in [5, 5.41) is 4.06.